The first-order valence-corrected chi connectivity index (χ1v) is 5.89. The number of methoxy groups -OCH3 is 1. The van der Waals surface area contributed by atoms with Gasteiger partial charge in [-0.05, 0) is 12.5 Å². The molecule has 1 N–H and O–H groups in total. The fraction of sp³-hybridized carbons (Fsp3) is 0.385. The van der Waals surface area contributed by atoms with Crippen LogP contribution in [0.15, 0.2) is 12.1 Å². The largest absolute Gasteiger partial charge is 0.508 e. The molecule has 0 aliphatic carbocycles. The lowest BCUT2D eigenvalue weighted by Gasteiger charge is -2.10. The molecule has 6 heteroatoms. The van der Waals surface area contributed by atoms with Crippen molar-refractivity contribution in [1.82, 2.24) is 0 Å². The lowest BCUT2D eigenvalue weighted by molar-refractivity contribution is 0.0496. The monoisotopic (exact) mass is 262 g/mol. The fourth-order valence-corrected chi connectivity index (χ4v) is 1.44. The number of rotatable bonds is 5. The summed E-state index contributed by atoms with van der Waals surface area (Å²) in [6, 6.07) is 2.44. The number of unbranched alkanes of at least 4 members (excludes halogenated alkanes) is 1. The van der Waals surface area contributed by atoms with Crippen LogP contribution in [-0.4, -0.2) is 38.6 Å². The highest BCUT2D eigenvalue weighted by Crippen LogP contribution is 2.18. The number of carbonyl (C=O) groups excluding carboxylic acids is 2. The van der Waals surface area contributed by atoms with Crippen LogP contribution in [0.25, 0.3) is 0 Å². The molecule has 0 bridgehead atoms. The second-order valence-electron chi connectivity index (χ2n) is 3.94. The molecular weight excluding hydrogens is 247 g/mol. The van der Waals surface area contributed by atoms with E-state index in [1.165, 1.54) is 19.2 Å². The topological polar surface area (TPSA) is 72.8 Å². The highest BCUT2D eigenvalue weighted by atomic mass is 16.5. The lowest BCUT2D eigenvalue weighted by Crippen LogP contribution is -2.16. The zero-order valence-electron chi connectivity index (χ0n) is 10.9. The molecule has 5 nitrogen and oxygen atoms in total. The summed E-state index contributed by atoms with van der Waals surface area (Å²) in [6.07, 6.45) is 1.60. The van der Waals surface area contributed by atoms with Crippen LogP contribution < -0.4 is 5.46 Å². The highest BCUT2D eigenvalue weighted by Gasteiger charge is 2.18. The molecule has 0 saturated carbocycles. The van der Waals surface area contributed by atoms with Crippen LogP contribution in [0.4, 0.5) is 0 Å². The van der Waals surface area contributed by atoms with E-state index in [0.717, 1.165) is 12.8 Å². The third kappa shape index (κ3) is 3.74. The summed E-state index contributed by atoms with van der Waals surface area (Å²) in [5, 5.41) is 9.73. The molecule has 100 valence electrons. The minimum atomic E-state index is -0.719. The average molecular weight is 262 g/mol. The molecule has 1 rings (SSSR count). The third-order valence-corrected chi connectivity index (χ3v) is 2.51. The summed E-state index contributed by atoms with van der Waals surface area (Å²) in [5.41, 5.74) is -0.137. The predicted octanol–water partition coefficient (Wildman–Crippen LogP) is 0.929. The number of carbonyl (C=O) groups is 2. The van der Waals surface area contributed by atoms with E-state index < -0.39 is 17.7 Å². The first kappa shape index (κ1) is 15.1. The Labute approximate surface area is 112 Å². The summed E-state index contributed by atoms with van der Waals surface area (Å²) < 4.78 is 9.50. The molecular formula is C13H15BO5. The van der Waals surface area contributed by atoms with E-state index in [1.54, 1.807) is 0 Å². The number of ether oxygens (including phenoxy) is 2. The lowest BCUT2D eigenvalue weighted by atomic mass is 9.90. The molecule has 0 fully saturated rings. The van der Waals surface area contributed by atoms with E-state index in [9.17, 15) is 14.7 Å². The molecule has 2 radical (unpaired) electrons. The van der Waals surface area contributed by atoms with Crippen LogP contribution in [0.3, 0.4) is 0 Å². The van der Waals surface area contributed by atoms with E-state index in [4.69, 9.17) is 12.6 Å². The van der Waals surface area contributed by atoms with Crippen molar-refractivity contribution >= 4 is 25.2 Å². The Morgan fingerprint density at radius 3 is 2.58 bits per heavy atom. The number of aromatic hydroxyl groups is 1. The molecule has 0 aliphatic rings. The van der Waals surface area contributed by atoms with E-state index >= 15 is 0 Å². The number of phenolic OH excluding ortho intramolecular Hbond substituents is 1. The number of esters is 2. The number of benzene rings is 1. The zero-order chi connectivity index (χ0) is 14.4. The first-order valence-electron chi connectivity index (χ1n) is 5.89. The zero-order valence-corrected chi connectivity index (χ0v) is 10.9. The molecule has 0 amide bonds. The number of phenols is 1. The van der Waals surface area contributed by atoms with Crippen molar-refractivity contribution in [3.05, 3.63) is 23.3 Å². The van der Waals surface area contributed by atoms with Crippen molar-refractivity contribution < 1.29 is 24.2 Å². The Morgan fingerprint density at radius 1 is 1.32 bits per heavy atom. The minimum absolute atomic E-state index is 0.0784. The van der Waals surface area contributed by atoms with Gasteiger partial charge in [-0.1, -0.05) is 24.9 Å². The second-order valence-corrected chi connectivity index (χ2v) is 3.94. The summed E-state index contributed by atoms with van der Waals surface area (Å²) in [7, 11) is 6.75. The van der Waals surface area contributed by atoms with Gasteiger partial charge in [-0.3, -0.25) is 0 Å². The second kappa shape index (κ2) is 6.82. The molecule has 0 aliphatic heterocycles. The molecule has 0 heterocycles. The van der Waals surface area contributed by atoms with Crippen molar-refractivity contribution in [2.75, 3.05) is 13.7 Å². The standard InChI is InChI=1S/C13H15BO5/c1-3-4-5-19-13(17)9-6-8(12(16)18-2)7-10(14)11(9)15/h6-7,15H,3-5H2,1-2H3. The molecule has 19 heavy (non-hydrogen) atoms. The fourth-order valence-electron chi connectivity index (χ4n) is 1.44. The summed E-state index contributed by atoms with van der Waals surface area (Å²) in [4.78, 5) is 23.2. The molecule has 1 aromatic carbocycles. The van der Waals surface area contributed by atoms with E-state index in [-0.39, 0.29) is 23.2 Å². The van der Waals surface area contributed by atoms with Gasteiger partial charge in [0, 0.05) is 0 Å². The normalized spacial score (nSPS) is 10.0. The van der Waals surface area contributed by atoms with Gasteiger partial charge in [0.1, 0.15) is 19.2 Å². The maximum atomic E-state index is 11.8. The number of hydrogen-bond acceptors (Lipinski definition) is 5. The maximum Gasteiger partial charge on any atom is 0.341 e. The van der Waals surface area contributed by atoms with Gasteiger partial charge in [0.05, 0.1) is 19.3 Å². The van der Waals surface area contributed by atoms with Crippen LogP contribution in [0.5, 0.6) is 5.75 Å². The van der Waals surface area contributed by atoms with Gasteiger partial charge in [-0.15, -0.1) is 0 Å². The molecule has 0 aromatic heterocycles. The van der Waals surface area contributed by atoms with Crippen molar-refractivity contribution in [2.24, 2.45) is 0 Å². The molecule has 0 unspecified atom stereocenters. The Kier molecular flexibility index (Phi) is 5.42. The van der Waals surface area contributed by atoms with Crippen molar-refractivity contribution in [1.29, 1.82) is 0 Å². The SMILES string of the molecule is [B]c1cc(C(=O)OC)cc(C(=O)OCCCC)c1O. The van der Waals surface area contributed by atoms with Gasteiger partial charge in [-0.25, -0.2) is 9.59 Å². The third-order valence-electron chi connectivity index (χ3n) is 2.51. The average Bonchev–Trinajstić information content (AvgIpc) is 2.40. The predicted molar refractivity (Wildman–Crippen MR) is 70.0 cm³/mol. The van der Waals surface area contributed by atoms with Gasteiger partial charge in [-0.2, -0.15) is 0 Å². The van der Waals surface area contributed by atoms with Crippen molar-refractivity contribution in [2.45, 2.75) is 19.8 Å². The maximum absolute atomic E-state index is 11.8. The van der Waals surface area contributed by atoms with Gasteiger partial charge in [0.15, 0.2) is 0 Å². The Morgan fingerprint density at radius 2 is 2.00 bits per heavy atom. The number of hydrogen-bond donors (Lipinski definition) is 1. The minimum Gasteiger partial charge on any atom is -0.508 e. The summed E-state index contributed by atoms with van der Waals surface area (Å²) >= 11 is 0. The smallest absolute Gasteiger partial charge is 0.341 e. The summed E-state index contributed by atoms with van der Waals surface area (Å²) in [5.74, 6) is -1.76. The Bertz CT molecular complexity index is 484. The van der Waals surface area contributed by atoms with Crippen LogP contribution in [-0.2, 0) is 9.47 Å². The van der Waals surface area contributed by atoms with E-state index in [0.29, 0.717) is 0 Å². The van der Waals surface area contributed by atoms with Gasteiger partial charge >= 0.3 is 11.9 Å². The van der Waals surface area contributed by atoms with E-state index in [2.05, 4.69) is 4.74 Å². The Balaban J connectivity index is 3.01. The van der Waals surface area contributed by atoms with Crippen LogP contribution in [0, 0.1) is 0 Å². The summed E-state index contributed by atoms with van der Waals surface area (Å²) in [6.45, 7) is 2.21. The quantitative estimate of drug-likeness (QED) is 0.485. The van der Waals surface area contributed by atoms with Crippen LogP contribution in [0.1, 0.15) is 40.5 Å². The molecule has 1 aromatic rings. The first-order chi connectivity index (χ1) is 9.01. The highest BCUT2D eigenvalue weighted by molar-refractivity contribution is 6.35. The van der Waals surface area contributed by atoms with Crippen LogP contribution in [0.2, 0.25) is 0 Å². The molecule has 0 spiro atoms. The van der Waals surface area contributed by atoms with Crippen molar-refractivity contribution in [3.8, 4) is 5.75 Å². The van der Waals surface area contributed by atoms with Crippen molar-refractivity contribution in [3.63, 3.8) is 0 Å². The Hall–Kier alpha value is -1.98. The van der Waals surface area contributed by atoms with Gasteiger partial charge in [0.2, 0.25) is 0 Å². The molecule has 0 saturated heterocycles. The van der Waals surface area contributed by atoms with Crippen LogP contribution >= 0.6 is 0 Å². The van der Waals surface area contributed by atoms with Gasteiger partial charge in [0.25, 0.3) is 0 Å². The van der Waals surface area contributed by atoms with Gasteiger partial charge < -0.3 is 14.6 Å². The molecule has 0 atom stereocenters. The van der Waals surface area contributed by atoms with E-state index in [1.807, 2.05) is 6.92 Å².